The van der Waals surface area contributed by atoms with Gasteiger partial charge in [-0.05, 0) is 36.6 Å². The van der Waals surface area contributed by atoms with E-state index >= 15 is 0 Å². The molecule has 3 rings (SSSR count). The van der Waals surface area contributed by atoms with Gasteiger partial charge in [-0.3, -0.25) is 0 Å². The van der Waals surface area contributed by atoms with Gasteiger partial charge in [-0.15, -0.1) is 0 Å². The van der Waals surface area contributed by atoms with E-state index in [-0.39, 0.29) is 10.8 Å². The van der Waals surface area contributed by atoms with Crippen molar-refractivity contribution in [3.63, 3.8) is 0 Å². The van der Waals surface area contributed by atoms with Gasteiger partial charge in [-0.1, -0.05) is 30.7 Å². The van der Waals surface area contributed by atoms with E-state index in [1.807, 2.05) is 0 Å². The van der Waals surface area contributed by atoms with Crippen molar-refractivity contribution in [3.8, 4) is 0 Å². The van der Waals surface area contributed by atoms with Crippen molar-refractivity contribution in [3.05, 3.63) is 57.4 Å². The predicted molar refractivity (Wildman–Crippen MR) is 81.0 cm³/mol. The zero-order valence-electron chi connectivity index (χ0n) is 11.9. The highest BCUT2D eigenvalue weighted by atomic mass is 35.5. The van der Waals surface area contributed by atoms with E-state index in [4.69, 9.17) is 11.6 Å². The van der Waals surface area contributed by atoms with Crippen molar-refractivity contribution < 1.29 is 4.39 Å². The molecule has 0 radical (unpaired) electrons. The summed E-state index contributed by atoms with van der Waals surface area (Å²) in [5.41, 5.74) is 3.92. The Balaban J connectivity index is 1.97. The lowest BCUT2D eigenvalue weighted by Crippen LogP contribution is -2.27. The number of rotatable bonds is 3. The van der Waals surface area contributed by atoms with Crippen molar-refractivity contribution in [1.82, 2.24) is 15.3 Å². The Labute approximate surface area is 128 Å². The number of halogens is 2. The molecule has 0 atom stereocenters. The van der Waals surface area contributed by atoms with Crippen LogP contribution in [0.25, 0.3) is 0 Å². The Morgan fingerprint density at radius 1 is 1.33 bits per heavy atom. The van der Waals surface area contributed by atoms with Gasteiger partial charge in [0.25, 0.3) is 0 Å². The maximum Gasteiger partial charge on any atom is 0.145 e. The second-order valence-corrected chi connectivity index (χ2v) is 5.59. The number of nitrogens with one attached hydrogen (secondary N) is 1. The van der Waals surface area contributed by atoms with Crippen molar-refractivity contribution in [2.24, 2.45) is 0 Å². The molecule has 2 heterocycles. The minimum absolute atomic E-state index is 0.142. The van der Waals surface area contributed by atoms with Crippen LogP contribution in [0.5, 0.6) is 0 Å². The maximum atomic E-state index is 14.0. The van der Waals surface area contributed by atoms with Crippen molar-refractivity contribution in [2.75, 3.05) is 6.54 Å². The highest BCUT2D eigenvalue weighted by Crippen LogP contribution is 2.21. The topological polar surface area (TPSA) is 37.8 Å². The maximum absolute atomic E-state index is 14.0. The predicted octanol–water partition coefficient (Wildman–Crippen LogP) is 3.07. The molecule has 0 amide bonds. The van der Waals surface area contributed by atoms with Gasteiger partial charge >= 0.3 is 0 Å². The lowest BCUT2D eigenvalue weighted by atomic mass is 10.0. The Morgan fingerprint density at radius 3 is 3.00 bits per heavy atom. The average molecular weight is 306 g/mol. The molecular formula is C16H17ClFN3. The fourth-order valence-corrected chi connectivity index (χ4v) is 2.91. The van der Waals surface area contributed by atoms with Gasteiger partial charge in [0.2, 0.25) is 0 Å². The number of hydrogen-bond acceptors (Lipinski definition) is 3. The molecule has 0 saturated heterocycles. The summed E-state index contributed by atoms with van der Waals surface area (Å²) in [5.74, 6) is 0.284. The van der Waals surface area contributed by atoms with Crippen molar-refractivity contribution in [1.29, 1.82) is 0 Å². The normalized spacial score (nSPS) is 14.0. The molecule has 0 bridgehead atoms. The first-order chi connectivity index (χ1) is 10.2. The smallest absolute Gasteiger partial charge is 0.145 e. The summed E-state index contributed by atoms with van der Waals surface area (Å²) >= 11 is 5.83. The second kappa shape index (κ2) is 6.08. The van der Waals surface area contributed by atoms with Gasteiger partial charge in [0.1, 0.15) is 11.6 Å². The first-order valence-electron chi connectivity index (χ1n) is 7.20. The van der Waals surface area contributed by atoms with E-state index in [1.54, 1.807) is 18.2 Å². The summed E-state index contributed by atoms with van der Waals surface area (Å²) in [6.07, 6.45) is 2.20. The van der Waals surface area contributed by atoms with Crippen molar-refractivity contribution in [2.45, 2.75) is 32.7 Å². The molecule has 5 heteroatoms. The van der Waals surface area contributed by atoms with Gasteiger partial charge in [0, 0.05) is 18.7 Å². The lowest BCUT2D eigenvalue weighted by Gasteiger charge is -2.19. The zero-order chi connectivity index (χ0) is 14.8. The van der Waals surface area contributed by atoms with Gasteiger partial charge in [0.15, 0.2) is 0 Å². The van der Waals surface area contributed by atoms with Gasteiger partial charge < -0.3 is 5.32 Å². The average Bonchev–Trinajstić information content (AvgIpc) is 2.51. The summed E-state index contributed by atoms with van der Waals surface area (Å²) in [6.45, 7) is 3.82. The van der Waals surface area contributed by atoms with Gasteiger partial charge in [-0.2, -0.15) is 0 Å². The fraction of sp³-hybridized carbons (Fsp3) is 0.375. The summed E-state index contributed by atoms with van der Waals surface area (Å²) < 4.78 is 14.0. The van der Waals surface area contributed by atoms with Crippen LogP contribution in [0.1, 0.15) is 35.3 Å². The molecule has 110 valence electrons. The quantitative estimate of drug-likeness (QED) is 0.947. The molecule has 0 fully saturated rings. The van der Waals surface area contributed by atoms with E-state index < -0.39 is 0 Å². The Bertz CT molecular complexity index is 656. The Morgan fingerprint density at radius 2 is 2.19 bits per heavy atom. The van der Waals surface area contributed by atoms with E-state index in [0.29, 0.717) is 17.8 Å². The third kappa shape index (κ3) is 2.92. The standard InChI is InChI=1S/C16H17ClFN3/c1-2-13-11-6-7-19-9-14(11)21-15(20-13)8-10-4-3-5-12(17)16(10)18/h3-5,19H,2,6-9H2,1H3. The van der Waals surface area contributed by atoms with Gasteiger partial charge in [-0.25, -0.2) is 14.4 Å². The first kappa shape index (κ1) is 14.4. The third-order valence-corrected chi connectivity index (χ3v) is 4.08. The van der Waals surface area contributed by atoms with Crippen molar-refractivity contribution >= 4 is 11.6 Å². The van der Waals surface area contributed by atoms with Crippen LogP contribution in [0.3, 0.4) is 0 Å². The number of fused-ring (bicyclic) bond motifs is 1. The van der Waals surface area contributed by atoms with Crippen LogP contribution >= 0.6 is 11.6 Å². The van der Waals surface area contributed by atoms with E-state index in [2.05, 4.69) is 22.2 Å². The van der Waals surface area contributed by atoms with E-state index in [9.17, 15) is 4.39 Å². The second-order valence-electron chi connectivity index (χ2n) is 5.18. The highest BCUT2D eigenvalue weighted by Gasteiger charge is 2.17. The molecule has 2 aromatic rings. The minimum Gasteiger partial charge on any atom is -0.311 e. The number of aromatic nitrogens is 2. The minimum atomic E-state index is -0.378. The molecule has 0 unspecified atom stereocenters. The van der Waals surface area contributed by atoms with Crippen LogP contribution < -0.4 is 5.32 Å². The number of benzene rings is 1. The van der Waals surface area contributed by atoms with E-state index in [1.165, 1.54) is 5.56 Å². The van der Waals surface area contributed by atoms with E-state index in [0.717, 1.165) is 37.3 Å². The molecule has 1 aliphatic heterocycles. The molecule has 3 nitrogen and oxygen atoms in total. The summed E-state index contributed by atoms with van der Waals surface area (Å²) in [5, 5.41) is 3.46. The van der Waals surface area contributed by atoms with Crippen LogP contribution in [0.2, 0.25) is 5.02 Å². The van der Waals surface area contributed by atoms with Gasteiger partial charge in [0.05, 0.1) is 10.7 Å². The van der Waals surface area contributed by atoms with Crippen LogP contribution in [-0.4, -0.2) is 16.5 Å². The van der Waals surface area contributed by atoms with Crippen LogP contribution in [-0.2, 0) is 25.8 Å². The molecule has 0 saturated carbocycles. The third-order valence-electron chi connectivity index (χ3n) is 3.78. The molecule has 1 aromatic carbocycles. The molecule has 0 spiro atoms. The molecule has 1 aromatic heterocycles. The first-order valence-corrected chi connectivity index (χ1v) is 7.58. The van der Waals surface area contributed by atoms with Crippen LogP contribution in [0.4, 0.5) is 4.39 Å². The molecule has 21 heavy (non-hydrogen) atoms. The number of nitrogens with zero attached hydrogens (tertiary/aromatic N) is 2. The lowest BCUT2D eigenvalue weighted by molar-refractivity contribution is 0.600. The summed E-state index contributed by atoms with van der Waals surface area (Å²) in [6, 6.07) is 5.03. The molecule has 1 aliphatic rings. The largest absolute Gasteiger partial charge is 0.311 e. The zero-order valence-corrected chi connectivity index (χ0v) is 12.7. The summed E-state index contributed by atoms with van der Waals surface area (Å²) in [7, 11) is 0. The molecule has 1 N–H and O–H groups in total. The fourth-order valence-electron chi connectivity index (χ4n) is 2.72. The number of hydrogen-bond donors (Lipinski definition) is 1. The monoisotopic (exact) mass is 305 g/mol. The summed E-state index contributed by atoms with van der Waals surface area (Å²) in [4.78, 5) is 9.23. The number of aryl methyl sites for hydroxylation is 1. The molecule has 0 aliphatic carbocycles. The molecular weight excluding hydrogens is 289 g/mol. The van der Waals surface area contributed by atoms with Crippen LogP contribution in [0.15, 0.2) is 18.2 Å². The Kier molecular flexibility index (Phi) is 4.17. The highest BCUT2D eigenvalue weighted by molar-refractivity contribution is 6.30. The SMILES string of the molecule is CCc1nc(Cc2cccc(Cl)c2F)nc2c1CCNC2. The Hall–Kier alpha value is -1.52. The van der Waals surface area contributed by atoms with Crippen LogP contribution in [0, 0.1) is 5.82 Å².